The van der Waals surface area contributed by atoms with Crippen LogP contribution in [0.3, 0.4) is 0 Å². The summed E-state index contributed by atoms with van der Waals surface area (Å²) in [5, 5.41) is 8.17. The van der Waals surface area contributed by atoms with E-state index in [0.717, 1.165) is 0 Å². The van der Waals surface area contributed by atoms with Crippen molar-refractivity contribution in [2.24, 2.45) is 0 Å². The predicted molar refractivity (Wildman–Crippen MR) is 46.2 cm³/mol. The third-order valence-electron chi connectivity index (χ3n) is 1.03. The third kappa shape index (κ3) is 14.2. The van der Waals surface area contributed by atoms with Crippen LogP contribution in [0.2, 0.25) is 0 Å². The summed E-state index contributed by atoms with van der Waals surface area (Å²) in [4.78, 5) is 9.95. The van der Waals surface area contributed by atoms with Gasteiger partial charge in [0.05, 0.1) is 26.4 Å². The van der Waals surface area contributed by atoms with E-state index in [4.69, 9.17) is 19.3 Å². The van der Waals surface area contributed by atoms with Crippen LogP contribution in [0.25, 0.3) is 0 Å². The first-order valence-electron chi connectivity index (χ1n) is 3.63. The van der Waals surface area contributed by atoms with E-state index in [1.807, 2.05) is 0 Å². The zero-order chi connectivity index (χ0) is 9.23. The van der Waals surface area contributed by atoms with Gasteiger partial charge in [0.2, 0.25) is 0 Å². The molecule has 4 N–H and O–H groups in total. The van der Waals surface area contributed by atoms with Gasteiger partial charge < -0.3 is 25.5 Å². The van der Waals surface area contributed by atoms with Crippen LogP contribution in [-0.4, -0.2) is 51.2 Å². The van der Waals surface area contributed by atoms with Crippen LogP contribution in [0.1, 0.15) is 0 Å². The molecule has 6 nitrogen and oxygen atoms in total. The number of rotatable bonds is 8. The molecule has 0 aliphatic heterocycles. The number of carboxylic acids is 1. The second-order valence-electron chi connectivity index (χ2n) is 2.05. The normalized spacial score (nSPS) is 9.31. The van der Waals surface area contributed by atoms with E-state index in [2.05, 4.69) is 0 Å². The number of aliphatic carboxylic acids is 1. The molecule has 0 radical (unpaired) electrons. The molecule has 13 heavy (non-hydrogen) atoms. The first-order chi connectivity index (χ1) is 5.77. The fourth-order valence-corrected chi connectivity index (χ4v) is 0.522. The van der Waals surface area contributed by atoms with Crippen LogP contribution in [0.15, 0.2) is 0 Å². The first kappa shape index (κ1) is 14.8. The van der Waals surface area contributed by atoms with Crippen molar-refractivity contribution in [1.82, 2.24) is 6.15 Å². The maximum Gasteiger partial charge on any atom is 0.329 e. The highest BCUT2D eigenvalue weighted by Gasteiger charge is 1.95. The van der Waals surface area contributed by atoms with Gasteiger partial charge in [-0.25, -0.2) is 4.79 Å². The van der Waals surface area contributed by atoms with Gasteiger partial charge in [0.15, 0.2) is 0 Å². The van der Waals surface area contributed by atoms with Crippen LogP contribution >= 0.6 is 0 Å². The molecule has 0 fully saturated rings. The summed E-state index contributed by atoms with van der Waals surface area (Å²) < 4.78 is 14.4. The zero-order valence-corrected chi connectivity index (χ0v) is 7.82. The quantitative estimate of drug-likeness (QED) is 0.525. The van der Waals surface area contributed by atoms with Gasteiger partial charge in [-0.05, 0) is 0 Å². The van der Waals surface area contributed by atoms with E-state index in [0.29, 0.717) is 26.4 Å². The van der Waals surface area contributed by atoms with E-state index in [9.17, 15) is 4.79 Å². The molecule has 0 saturated heterocycles. The van der Waals surface area contributed by atoms with E-state index in [-0.39, 0.29) is 12.8 Å². The Morgan fingerprint density at radius 1 is 1.15 bits per heavy atom. The first-order valence-corrected chi connectivity index (χ1v) is 3.63. The fourth-order valence-electron chi connectivity index (χ4n) is 0.522. The molecule has 0 saturated carbocycles. The average molecular weight is 195 g/mol. The van der Waals surface area contributed by atoms with Gasteiger partial charge in [0, 0.05) is 7.11 Å². The van der Waals surface area contributed by atoms with Crippen LogP contribution < -0.4 is 6.15 Å². The molecular weight excluding hydrogens is 178 g/mol. The Labute approximate surface area is 77.4 Å². The van der Waals surface area contributed by atoms with Crippen molar-refractivity contribution in [1.29, 1.82) is 0 Å². The number of carbonyl (C=O) groups is 1. The molecule has 0 aromatic rings. The second-order valence-corrected chi connectivity index (χ2v) is 2.05. The number of methoxy groups -OCH3 is 1. The Morgan fingerprint density at radius 2 is 1.69 bits per heavy atom. The molecule has 0 heterocycles. The van der Waals surface area contributed by atoms with Crippen LogP contribution in [0.4, 0.5) is 0 Å². The second kappa shape index (κ2) is 11.3. The minimum Gasteiger partial charge on any atom is -0.480 e. The molecule has 6 heteroatoms. The molecule has 0 bridgehead atoms. The summed E-state index contributed by atoms with van der Waals surface area (Å²) in [7, 11) is 1.59. The third-order valence-corrected chi connectivity index (χ3v) is 1.03. The smallest absolute Gasteiger partial charge is 0.329 e. The highest BCUT2D eigenvalue weighted by atomic mass is 16.5. The number of hydrogen-bond acceptors (Lipinski definition) is 5. The summed E-state index contributed by atoms with van der Waals surface area (Å²) in [6.45, 7) is 1.48. The molecule has 80 valence electrons. The van der Waals surface area contributed by atoms with Gasteiger partial charge in [0.25, 0.3) is 0 Å². The lowest BCUT2D eigenvalue weighted by Crippen LogP contribution is -2.12. The standard InChI is InChI=1S/C7H14O5.H3N/c1-10-2-3-11-4-5-12-6-7(8)9;/h2-6H2,1H3,(H,8,9);1H3. The van der Waals surface area contributed by atoms with Gasteiger partial charge in [0.1, 0.15) is 6.61 Å². The Kier molecular flexibility index (Phi) is 12.9. The molecule has 0 aliphatic rings. The number of ether oxygens (including phenoxy) is 3. The highest BCUT2D eigenvalue weighted by Crippen LogP contribution is 1.79. The molecule has 0 aromatic carbocycles. The van der Waals surface area contributed by atoms with Gasteiger partial charge in [-0.15, -0.1) is 0 Å². The van der Waals surface area contributed by atoms with Gasteiger partial charge in [-0.3, -0.25) is 0 Å². The van der Waals surface area contributed by atoms with Crippen molar-refractivity contribution in [2.45, 2.75) is 0 Å². The van der Waals surface area contributed by atoms with Crippen LogP contribution in [0.5, 0.6) is 0 Å². The lowest BCUT2D eigenvalue weighted by Gasteiger charge is -2.02. The van der Waals surface area contributed by atoms with Gasteiger partial charge in [-0.1, -0.05) is 0 Å². The van der Waals surface area contributed by atoms with Gasteiger partial charge in [-0.2, -0.15) is 0 Å². The van der Waals surface area contributed by atoms with Crippen LogP contribution in [-0.2, 0) is 19.0 Å². The minimum atomic E-state index is -0.966. The Hall–Kier alpha value is -0.690. The zero-order valence-electron chi connectivity index (χ0n) is 7.82. The molecular formula is C7H17NO5. The molecule has 0 aromatic heterocycles. The Morgan fingerprint density at radius 3 is 2.23 bits per heavy atom. The maximum absolute atomic E-state index is 9.95. The van der Waals surface area contributed by atoms with Gasteiger partial charge >= 0.3 is 5.97 Å². The molecule has 0 unspecified atom stereocenters. The van der Waals surface area contributed by atoms with Crippen LogP contribution in [0, 0.1) is 0 Å². The molecule has 0 spiro atoms. The van der Waals surface area contributed by atoms with Crippen molar-refractivity contribution >= 4 is 5.97 Å². The average Bonchev–Trinajstić information content (AvgIpc) is 2.02. The molecule has 0 atom stereocenters. The Balaban J connectivity index is 0. The molecule has 0 aliphatic carbocycles. The summed E-state index contributed by atoms with van der Waals surface area (Å²) in [5.74, 6) is -0.966. The largest absolute Gasteiger partial charge is 0.480 e. The SMILES string of the molecule is COCCOCCOCC(=O)O.N. The lowest BCUT2D eigenvalue weighted by molar-refractivity contribution is -0.142. The van der Waals surface area contributed by atoms with Crippen molar-refractivity contribution in [3.05, 3.63) is 0 Å². The Bertz CT molecular complexity index is 119. The lowest BCUT2D eigenvalue weighted by atomic mass is 10.7. The van der Waals surface area contributed by atoms with E-state index < -0.39 is 5.97 Å². The number of carboxylic acid groups (broad SMARTS) is 1. The summed E-state index contributed by atoms with van der Waals surface area (Å²) in [5.41, 5.74) is 0. The molecule has 0 rings (SSSR count). The van der Waals surface area contributed by atoms with E-state index in [1.165, 1.54) is 0 Å². The monoisotopic (exact) mass is 195 g/mol. The fraction of sp³-hybridized carbons (Fsp3) is 0.857. The van der Waals surface area contributed by atoms with Crippen molar-refractivity contribution in [2.75, 3.05) is 40.1 Å². The predicted octanol–water partition coefficient (Wildman–Crippen LogP) is -0.0874. The molecule has 0 amide bonds. The summed E-state index contributed by atoms with van der Waals surface area (Å²) in [6.07, 6.45) is 0. The number of hydrogen-bond donors (Lipinski definition) is 2. The van der Waals surface area contributed by atoms with Crippen molar-refractivity contribution < 1.29 is 24.1 Å². The summed E-state index contributed by atoms with van der Waals surface area (Å²) in [6, 6.07) is 0. The topological polar surface area (TPSA) is 100.0 Å². The van der Waals surface area contributed by atoms with Crippen molar-refractivity contribution in [3.63, 3.8) is 0 Å². The minimum absolute atomic E-state index is 0. The highest BCUT2D eigenvalue weighted by molar-refractivity contribution is 5.67. The summed E-state index contributed by atoms with van der Waals surface area (Å²) >= 11 is 0. The van der Waals surface area contributed by atoms with E-state index >= 15 is 0 Å². The van der Waals surface area contributed by atoms with E-state index in [1.54, 1.807) is 7.11 Å². The maximum atomic E-state index is 9.95. The van der Waals surface area contributed by atoms with Crippen molar-refractivity contribution in [3.8, 4) is 0 Å².